The van der Waals surface area contributed by atoms with Gasteiger partial charge >= 0.3 is 6.18 Å². The molecular formula is C34H39F3N6S2. The zero-order valence-corrected chi connectivity index (χ0v) is 27.6. The summed E-state index contributed by atoms with van der Waals surface area (Å²) in [6.07, 6.45) is 0.0426. The van der Waals surface area contributed by atoms with Crippen LogP contribution in [0.25, 0.3) is 21.1 Å². The maximum absolute atomic E-state index is 13.2. The lowest BCUT2D eigenvalue weighted by Gasteiger charge is -2.26. The first-order chi connectivity index (χ1) is 21.6. The predicted molar refractivity (Wildman–Crippen MR) is 177 cm³/mol. The van der Waals surface area contributed by atoms with Crippen LogP contribution in [0.1, 0.15) is 60.1 Å². The highest BCUT2D eigenvalue weighted by atomic mass is 32.2. The molecule has 6 nitrogen and oxygen atoms in total. The Morgan fingerprint density at radius 3 is 2.62 bits per heavy atom. The van der Waals surface area contributed by atoms with Crippen molar-refractivity contribution < 1.29 is 13.2 Å². The molecule has 4 aromatic rings. The minimum Gasteiger partial charge on any atom is -0.355 e. The Morgan fingerprint density at radius 1 is 1.07 bits per heavy atom. The number of nitrogens with zero attached hydrogens (tertiary/aromatic N) is 6. The number of benzene rings is 1. The highest BCUT2D eigenvalue weighted by Gasteiger charge is 2.44. The lowest BCUT2D eigenvalue weighted by atomic mass is 9.86. The highest BCUT2D eigenvalue weighted by molar-refractivity contribution is 7.99. The number of halogens is 3. The smallest absolute Gasteiger partial charge is 0.355 e. The third kappa shape index (κ3) is 6.18. The fourth-order valence-corrected chi connectivity index (χ4v) is 9.98. The second kappa shape index (κ2) is 12.1. The van der Waals surface area contributed by atoms with Gasteiger partial charge in [-0.15, -0.1) is 11.3 Å². The number of thiophene rings is 1. The molecule has 3 aliphatic rings. The van der Waals surface area contributed by atoms with Crippen molar-refractivity contribution in [3.63, 3.8) is 0 Å². The first kappa shape index (κ1) is 30.8. The number of anilines is 1. The second-order valence-corrected chi connectivity index (χ2v) is 15.6. The van der Waals surface area contributed by atoms with Gasteiger partial charge in [-0.1, -0.05) is 13.0 Å². The molecule has 3 aliphatic heterocycles. The zero-order valence-electron chi connectivity index (χ0n) is 25.9. The molecule has 11 heteroatoms. The average Bonchev–Trinajstić information content (AvgIpc) is 3.80. The molecule has 1 aromatic carbocycles. The maximum Gasteiger partial charge on any atom is 0.393 e. The Bertz CT molecular complexity index is 1770. The summed E-state index contributed by atoms with van der Waals surface area (Å²) in [5.74, 6) is 4.54. The van der Waals surface area contributed by atoms with E-state index in [1.165, 1.54) is 46.4 Å². The summed E-state index contributed by atoms with van der Waals surface area (Å²) in [6, 6.07) is 10.7. The van der Waals surface area contributed by atoms with Crippen molar-refractivity contribution in [1.82, 2.24) is 19.4 Å². The van der Waals surface area contributed by atoms with Gasteiger partial charge in [0.25, 0.3) is 0 Å². The van der Waals surface area contributed by atoms with Crippen LogP contribution in [0.4, 0.5) is 19.0 Å². The van der Waals surface area contributed by atoms with E-state index in [9.17, 15) is 18.4 Å². The third-order valence-corrected chi connectivity index (χ3v) is 12.3. The molecule has 1 spiro atoms. The number of likely N-dealkylation sites (tertiary alicyclic amines) is 1. The summed E-state index contributed by atoms with van der Waals surface area (Å²) in [6.45, 7) is 9.69. The van der Waals surface area contributed by atoms with Crippen LogP contribution in [0, 0.1) is 29.6 Å². The summed E-state index contributed by atoms with van der Waals surface area (Å²) in [7, 11) is 0. The average molecular weight is 653 g/mol. The predicted octanol–water partition coefficient (Wildman–Crippen LogP) is 7.74. The van der Waals surface area contributed by atoms with E-state index < -0.39 is 12.6 Å². The molecule has 1 atom stereocenters. The van der Waals surface area contributed by atoms with E-state index >= 15 is 0 Å². The van der Waals surface area contributed by atoms with Crippen molar-refractivity contribution in [2.24, 2.45) is 11.3 Å². The van der Waals surface area contributed by atoms with Gasteiger partial charge in [0.05, 0.1) is 11.8 Å². The molecule has 0 radical (unpaired) electrons. The summed E-state index contributed by atoms with van der Waals surface area (Å²) in [5, 5.41) is 11.9. The van der Waals surface area contributed by atoms with Gasteiger partial charge in [0.15, 0.2) is 0 Å². The van der Waals surface area contributed by atoms with Crippen molar-refractivity contribution in [3.8, 4) is 6.07 Å². The van der Waals surface area contributed by atoms with E-state index in [1.54, 1.807) is 6.07 Å². The highest BCUT2D eigenvalue weighted by Crippen LogP contribution is 2.44. The largest absolute Gasteiger partial charge is 0.393 e. The van der Waals surface area contributed by atoms with Gasteiger partial charge in [0, 0.05) is 60.3 Å². The first-order valence-electron chi connectivity index (χ1n) is 16.1. The number of hydrogen-bond acceptors (Lipinski definition) is 7. The van der Waals surface area contributed by atoms with Gasteiger partial charge < -0.3 is 9.47 Å². The fourth-order valence-electron chi connectivity index (χ4n) is 7.70. The van der Waals surface area contributed by atoms with Crippen molar-refractivity contribution in [2.45, 2.75) is 71.6 Å². The lowest BCUT2D eigenvalue weighted by molar-refractivity contribution is -0.126. The van der Waals surface area contributed by atoms with E-state index in [-0.39, 0.29) is 5.41 Å². The number of fused-ring (bicyclic) bond motifs is 2. The quantitative estimate of drug-likeness (QED) is 0.204. The maximum atomic E-state index is 13.2. The van der Waals surface area contributed by atoms with Gasteiger partial charge in [-0.25, -0.2) is 9.97 Å². The third-order valence-electron chi connectivity index (χ3n) is 10.2. The molecular weight excluding hydrogens is 614 g/mol. The second-order valence-electron chi connectivity index (χ2n) is 13.3. The summed E-state index contributed by atoms with van der Waals surface area (Å²) in [4.78, 5) is 15.2. The van der Waals surface area contributed by atoms with Gasteiger partial charge in [-0.05, 0) is 85.9 Å². The summed E-state index contributed by atoms with van der Waals surface area (Å²) >= 11 is 3.17. The molecule has 0 aliphatic carbocycles. The van der Waals surface area contributed by atoms with Crippen molar-refractivity contribution in [1.29, 1.82) is 5.26 Å². The summed E-state index contributed by atoms with van der Waals surface area (Å²) in [5.41, 5.74) is 4.65. The number of aromatic nitrogens is 3. The van der Waals surface area contributed by atoms with Crippen molar-refractivity contribution >= 4 is 50.0 Å². The number of alkyl halides is 3. The number of thioether (sulfide) groups is 1. The number of aryl methyl sites for hydroxylation is 2. The van der Waals surface area contributed by atoms with Crippen LogP contribution in [0.15, 0.2) is 24.3 Å². The van der Waals surface area contributed by atoms with Gasteiger partial charge in [0.2, 0.25) is 0 Å². The topological polar surface area (TPSA) is 61.0 Å². The van der Waals surface area contributed by atoms with Crippen LogP contribution >= 0.6 is 23.1 Å². The zero-order chi connectivity index (χ0) is 31.3. The molecule has 45 heavy (non-hydrogen) atoms. The van der Waals surface area contributed by atoms with E-state index in [4.69, 9.17) is 4.98 Å². The molecule has 0 saturated carbocycles. The van der Waals surface area contributed by atoms with E-state index in [0.717, 1.165) is 80.3 Å². The minimum absolute atomic E-state index is 0.141. The van der Waals surface area contributed by atoms with E-state index in [0.29, 0.717) is 27.9 Å². The first-order valence-corrected chi connectivity index (χ1v) is 18.0. The normalized spacial score (nSPS) is 21.6. The lowest BCUT2D eigenvalue weighted by Crippen LogP contribution is -2.31. The Balaban J connectivity index is 1.08. The molecule has 0 amide bonds. The van der Waals surface area contributed by atoms with Crippen molar-refractivity contribution in [3.05, 3.63) is 51.8 Å². The minimum atomic E-state index is -4.24. The monoisotopic (exact) mass is 652 g/mol. The van der Waals surface area contributed by atoms with Crippen LogP contribution in [0.2, 0.25) is 0 Å². The molecule has 3 fully saturated rings. The molecule has 6 heterocycles. The molecule has 3 aromatic heterocycles. The van der Waals surface area contributed by atoms with Gasteiger partial charge in [-0.2, -0.15) is 30.2 Å². The fraction of sp³-hybridized carbons (Fsp3) is 0.559. The molecule has 0 N–H and O–H groups in total. The SMILES string of the molecule is CCc1nc(N2CCC3(CCN(Cc4ccc5c(cc(C#N)n5CC5CCSCC5)c4C)C3)C2)c2cc(CC(F)(F)F)sc2n1. The van der Waals surface area contributed by atoms with E-state index in [2.05, 4.69) is 50.5 Å². The standard InChI is InChI=1S/C34H39F3N6S2/c1-3-30-39-31(28-15-26(16-34(35,36)37)45-32(28)40-30)42-11-9-33(21-42)8-10-41(20-33)19-24-4-5-29-27(22(24)2)14-25(17-38)43(29)18-23-6-12-44-13-7-23/h4-5,14-15,23H,3,6-13,16,18-21H2,1-2H3. The Morgan fingerprint density at radius 2 is 1.87 bits per heavy atom. The van der Waals surface area contributed by atoms with E-state index in [1.807, 2.05) is 18.7 Å². The Labute approximate surface area is 270 Å². The number of hydrogen-bond donors (Lipinski definition) is 0. The number of nitriles is 1. The summed E-state index contributed by atoms with van der Waals surface area (Å²) < 4.78 is 41.8. The molecule has 238 valence electrons. The van der Waals surface area contributed by atoms with Crippen LogP contribution in [0.3, 0.4) is 0 Å². The van der Waals surface area contributed by atoms with Crippen molar-refractivity contribution in [2.75, 3.05) is 42.6 Å². The molecule has 0 bridgehead atoms. The number of rotatable bonds is 7. The Hall–Kier alpha value is -2.81. The van der Waals surface area contributed by atoms with Crippen LogP contribution in [-0.2, 0) is 25.9 Å². The van der Waals surface area contributed by atoms with Gasteiger partial charge in [0.1, 0.15) is 28.2 Å². The van der Waals surface area contributed by atoms with Crippen LogP contribution in [0.5, 0.6) is 0 Å². The van der Waals surface area contributed by atoms with Crippen LogP contribution < -0.4 is 4.90 Å². The molecule has 7 rings (SSSR count). The van der Waals surface area contributed by atoms with Crippen LogP contribution in [-0.4, -0.2) is 63.3 Å². The Kier molecular flexibility index (Phi) is 8.28. The molecule has 3 saturated heterocycles. The molecule has 1 unspecified atom stereocenters. The van der Waals surface area contributed by atoms with Gasteiger partial charge in [-0.3, -0.25) is 4.90 Å².